The van der Waals surface area contributed by atoms with Crippen molar-refractivity contribution in [1.29, 1.82) is 0 Å². The lowest BCUT2D eigenvalue weighted by Crippen LogP contribution is -2.33. The summed E-state index contributed by atoms with van der Waals surface area (Å²) < 4.78 is 29.6. The highest BCUT2D eigenvalue weighted by Crippen LogP contribution is 2.36. The Labute approximate surface area is 153 Å². The van der Waals surface area contributed by atoms with Gasteiger partial charge in [0.15, 0.2) is 5.69 Å². The Hall–Kier alpha value is -2.19. The standard InChI is InChI=1S/C18H22N4O3S/c1-2-9-19-18(23)17-15-11-21(10-13-7-8-13)26(24,25)16-6-4-3-5-14(16)22(15)12-20-17/h3-6,12-13H,2,7-11H2,1H3,(H,19,23). The summed E-state index contributed by atoms with van der Waals surface area (Å²) in [6.45, 7) is 3.18. The molecule has 2 aromatic rings. The van der Waals surface area contributed by atoms with Crippen LogP contribution in [-0.4, -0.2) is 41.3 Å². The first-order valence-electron chi connectivity index (χ1n) is 8.96. The largest absolute Gasteiger partial charge is 0.351 e. The van der Waals surface area contributed by atoms with Crippen LogP contribution in [-0.2, 0) is 16.6 Å². The van der Waals surface area contributed by atoms with E-state index in [1.54, 1.807) is 35.2 Å². The van der Waals surface area contributed by atoms with Gasteiger partial charge in [-0.15, -0.1) is 0 Å². The molecule has 0 radical (unpaired) electrons. The van der Waals surface area contributed by atoms with E-state index in [0.29, 0.717) is 36.1 Å². The zero-order valence-electron chi connectivity index (χ0n) is 14.7. The summed E-state index contributed by atoms with van der Waals surface area (Å²) in [4.78, 5) is 17.1. The number of nitrogens with zero attached hydrogens (tertiary/aromatic N) is 3. The van der Waals surface area contributed by atoms with Gasteiger partial charge in [0.05, 0.1) is 17.9 Å². The second kappa shape index (κ2) is 6.51. The van der Waals surface area contributed by atoms with Crippen LogP contribution in [0, 0.1) is 5.92 Å². The molecule has 0 bridgehead atoms. The van der Waals surface area contributed by atoms with Crippen LogP contribution < -0.4 is 5.32 Å². The fraction of sp³-hybridized carbons (Fsp3) is 0.444. The Morgan fingerprint density at radius 1 is 1.31 bits per heavy atom. The van der Waals surface area contributed by atoms with Crippen LogP contribution in [0.2, 0.25) is 0 Å². The van der Waals surface area contributed by atoms with Crippen molar-refractivity contribution in [2.24, 2.45) is 5.92 Å². The second-order valence-electron chi connectivity index (χ2n) is 6.87. The van der Waals surface area contributed by atoms with E-state index in [0.717, 1.165) is 19.3 Å². The number of para-hydroxylation sites is 1. The first-order chi connectivity index (χ1) is 12.5. The summed E-state index contributed by atoms with van der Waals surface area (Å²) >= 11 is 0. The smallest absolute Gasteiger partial charge is 0.271 e. The zero-order valence-corrected chi connectivity index (χ0v) is 15.5. The summed E-state index contributed by atoms with van der Waals surface area (Å²) in [7, 11) is -3.62. The minimum atomic E-state index is -3.62. The van der Waals surface area contributed by atoms with Crippen molar-refractivity contribution in [3.63, 3.8) is 0 Å². The second-order valence-corrected chi connectivity index (χ2v) is 8.78. The highest BCUT2D eigenvalue weighted by Gasteiger charge is 2.37. The van der Waals surface area contributed by atoms with E-state index in [-0.39, 0.29) is 17.3 Å². The number of amides is 1. The van der Waals surface area contributed by atoms with E-state index in [4.69, 9.17) is 0 Å². The van der Waals surface area contributed by atoms with Crippen molar-refractivity contribution < 1.29 is 13.2 Å². The Bertz CT molecular complexity index is 947. The Morgan fingerprint density at radius 2 is 2.08 bits per heavy atom. The monoisotopic (exact) mass is 374 g/mol. The molecule has 0 unspecified atom stereocenters. The third-order valence-corrected chi connectivity index (χ3v) is 6.70. The Kier molecular flexibility index (Phi) is 4.32. The minimum Gasteiger partial charge on any atom is -0.351 e. The molecule has 2 heterocycles. The molecule has 2 aliphatic rings. The van der Waals surface area contributed by atoms with Gasteiger partial charge in [0.2, 0.25) is 10.0 Å². The lowest BCUT2D eigenvalue weighted by Gasteiger charge is -2.20. The Balaban J connectivity index is 1.83. The van der Waals surface area contributed by atoms with E-state index < -0.39 is 10.0 Å². The van der Waals surface area contributed by atoms with E-state index in [2.05, 4.69) is 10.3 Å². The molecule has 1 aromatic carbocycles. The number of aromatic nitrogens is 2. The number of imidazole rings is 1. The number of nitrogens with one attached hydrogen (secondary N) is 1. The zero-order chi connectivity index (χ0) is 18.3. The van der Waals surface area contributed by atoms with E-state index in [1.807, 2.05) is 6.92 Å². The summed E-state index contributed by atoms with van der Waals surface area (Å²) in [5.74, 6) is 0.146. The van der Waals surface area contributed by atoms with Crippen molar-refractivity contribution in [2.75, 3.05) is 13.1 Å². The molecular weight excluding hydrogens is 352 g/mol. The first kappa shape index (κ1) is 17.2. The van der Waals surface area contributed by atoms with Crippen LogP contribution in [0.15, 0.2) is 35.5 Å². The topological polar surface area (TPSA) is 84.3 Å². The first-order valence-corrected chi connectivity index (χ1v) is 10.4. The molecule has 1 aliphatic heterocycles. The van der Waals surface area contributed by atoms with Crippen LogP contribution >= 0.6 is 0 Å². The average Bonchev–Trinajstić information content (AvgIpc) is 3.37. The third kappa shape index (κ3) is 2.93. The highest BCUT2D eigenvalue weighted by atomic mass is 32.2. The molecular formula is C18H22N4O3S. The van der Waals surface area contributed by atoms with E-state index in [9.17, 15) is 13.2 Å². The van der Waals surface area contributed by atoms with Crippen molar-refractivity contribution in [2.45, 2.75) is 37.6 Å². The van der Waals surface area contributed by atoms with Crippen LogP contribution in [0.4, 0.5) is 0 Å². The Morgan fingerprint density at radius 3 is 2.81 bits per heavy atom. The molecule has 0 spiro atoms. The van der Waals surface area contributed by atoms with E-state index >= 15 is 0 Å². The quantitative estimate of drug-likeness (QED) is 0.867. The molecule has 1 N–H and O–H groups in total. The lowest BCUT2D eigenvalue weighted by atomic mass is 10.2. The van der Waals surface area contributed by atoms with Gasteiger partial charge in [0.25, 0.3) is 5.91 Å². The third-order valence-electron chi connectivity index (χ3n) is 4.84. The van der Waals surface area contributed by atoms with Crippen LogP contribution in [0.25, 0.3) is 5.69 Å². The molecule has 4 rings (SSSR count). The summed E-state index contributed by atoms with van der Waals surface area (Å²) in [5, 5.41) is 2.84. The molecule has 0 saturated heterocycles. The van der Waals surface area contributed by atoms with Crippen molar-refractivity contribution in [3.05, 3.63) is 42.0 Å². The van der Waals surface area contributed by atoms with Crippen LogP contribution in [0.3, 0.4) is 0 Å². The molecule has 138 valence electrons. The van der Waals surface area contributed by atoms with Gasteiger partial charge in [0, 0.05) is 13.1 Å². The van der Waals surface area contributed by atoms with Gasteiger partial charge < -0.3 is 5.32 Å². The van der Waals surface area contributed by atoms with Crippen molar-refractivity contribution in [1.82, 2.24) is 19.2 Å². The molecule has 0 atom stereocenters. The number of rotatable bonds is 5. The number of hydrogen-bond donors (Lipinski definition) is 1. The van der Waals surface area contributed by atoms with Crippen molar-refractivity contribution >= 4 is 15.9 Å². The summed E-state index contributed by atoms with van der Waals surface area (Å²) in [6.07, 6.45) is 4.48. The maximum atomic E-state index is 13.2. The maximum absolute atomic E-state index is 13.2. The van der Waals surface area contributed by atoms with Crippen molar-refractivity contribution in [3.8, 4) is 5.69 Å². The minimum absolute atomic E-state index is 0.155. The van der Waals surface area contributed by atoms with Gasteiger partial charge >= 0.3 is 0 Å². The van der Waals surface area contributed by atoms with Gasteiger partial charge in [-0.1, -0.05) is 19.1 Å². The normalized spacial score (nSPS) is 18.7. The number of carbonyl (C=O) groups excluding carboxylic acids is 1. The van der Waals surface area contributed by atoms with Crippen LogP contribution in [0.5, 0.6) is 0 Å². The fourth-order valence-electron chi connectivity index (χ4n) is 3.26. The number of hydrogen-bond acceptors (Lipinski definition) is 4. The van der Waals surface area contributed by atoms with Gasteiger partial charge in [-0.05, 0) is 37.3 Å². The number of sulfonamides is 1. The predicted molar refractivity (Wildman–Crippen MR) is 96.5 cm³/mol. The van der Waals surface area contributed by atoms with Gasteiger partial charge in [-0.2, -0.15) is 4.31 Å². The van der Waals surface area contributed by atoms with Gasteiger partial charge in [-0.25, -0.2) is 13.4 Å². The highest BCUT2D eigenvalue weighted by molar-refractivity contribution is 7.89. The molecule has 1 aliphatic carbocycles. The molecule has 1 fully saturated rings. The van der Waals surface area contributed by atoms with Crippen LogP contribution in [0.1, 0.15) is 42.4 Å². The maximum Gasteiger partial charge on any atom is 0.271 e. The molecule has 1 aromatic heterocycles. The lowest BCUT2D eigenvalue weighted by molar-refractivity contribution is 0.0947. The summed E-state index contributed by atoms with van der Waals surface area (Å²) in [5.41, 5.74) is 1.46. The number of benzene rings is 1. The van der Waals surface area contributed by atoms with E-state index in [1.165, 1.54) is 4.31 Å². The summed E-state index contributed by atoms with van der Waals surface area (Å²) in [6, 6.07) is 6.90. The molecule has 1 saturated carbocycles. The molecule has 8 heteroatoms. The predicted octanol–water partition coefficient (Wildman–Crippen LogP) is 1.93. The number of fused-ring (bicyclic) bond motifs is 3. The average molecular weight is 374 g/mol. The fourth-order valence-corrected chi connectivity index (χ4v) is 4.92. The SMILES string of the molecule is CCCNC(=O)c1ncn2c1CN(CC1CC1)S(=O)(=O)c1ccccc1-2. The van der Waals surface area contributed by atoms with Gasteiger partial charge in [-0.3, -0.25) is 9.36 Å². The number of carbonyl (C=O) groups is 1. The molecule has 26 heavy (non-hydrogen) atoms. The molecule has 1 amide bonds. The van der Waals surface area contributed by atoms with Gasteiger partial charge in [0.1, 0.15) is 11.2 Å². The molecule has 7 nitrogen and oxygen atoms in total.